The highest BCUT2D eigenvalue weighted by Crippen LogP contribution is 2.26. The number of aryl methyl sites for hydroxylation is 2. The molecule has 268 valence electrons. The number of ether oxygens (including phenoxy) is 3. The smallest absolute Gasteiger partial charge is 0.410 e. The molecule has 0 saturated carbocycles. The molecule has 48 heavy (non-hydrogen) atoms. The number of carbonyl (C=O) groups excluding carboxylic acids is 1. The number of amides is 1. The average molecular weight is 667 g/mol. The van der Waals surface area contributed by atoms with E-state index in [2.05, 4.69) is 75.2 Å². The molecule has 10 nitrogen and oxygen atoms in total. The molecule has 0 atom stereocenters. The second-order valence-corrected chi connectivity index (χ2v) is 14.2. The highest BCUT2D eigenvalue weighted by molar-refractivity contribution is 5.68. The minimum atomic E-state index is -0.441. The molecular formula is C38H62N6O4. The van der Waals surface area contributed by atoms with Crippen molar-refractivity contribution < 1.29 is 19.0 Å². The molecule has 4 saturated heterocycles. The highest BCUT2D eigenvalue weighted by Gasteiger charge is 2.27. The molecule has 4 fully saturated rings. The Kier molecular flexibility index (Phi) is 14.4. The SMILES string of the molecule is C.Cc1ccc(CN2CCN(C(=O)OC(C)(C)C)CC2)c(N2CCOCC2)c1.Cc1ccc(CN2CCNCC2)c(N2CCOCC2)c1. The monoisotopic (exact) mass is 666 g/mol. The number of hydrogen-bond acceptors (Lipinski definition) is 9. The van der Waals surface area contributed by atoms with Crippen molar-refractivity contribution in [1.82, 2.24) is 20.0 Å². The van der Waals surface area contributed by atoms with Gasteiger partial charge in [0, 0.05) is 103 Å². The topological polar surface area (TPSA) is 73.0 Å². The zero-order chi connectivity index (χ0) is 33.2. The fraction of sp³-hybridized carbons (Fsp3) is 0.658. The van der Waals surface area contributed by atoms with E-state index >= 15 is 0 Å². The quantitative estimate of drug-likeness (QED) is 0.470. The van der Waals surface area contributed by atoms with Gasteiger partial charge >= 0.3 is 6.09 Å². The molecular weight excluding hydrogens is 604 g/mol. The van der Waals surface area contributed by atoms with Crippen molar-refractivity contribution in [1.29, 1.82) is 0 Å². The molecule has 0 bridgehead atoms. The summed E-state index contributed by atoms with van der Waals surface area (Å²) in [4.78, 5) is 23.9. The van der Waals surface area contributed by atoms with Crippen molar-refractivity contribution in [3.8, 4) is 0 Å². The van der Waals surface area contributed by atoms with Crippen LogP contribution in [0.2, 0.25) is 0 Å². The Morgan fingerprint density at radius 2 is 1.12 bits per heavy atom. The van der Waals surface area contributed by atoms with Crippen molar-refractivity contribution in [3.05, 3.63) is 58.7 Å². The van der Waals surface area contributed by atoms with Gasteiger partial charge in [-0.1, -0.05) is 31.7 Å². The van der Waals surface area contributed by atoms with E-state index in [1.807, 2.05) is 25.7 Å². The largest absolute Gasteiger partial charge is 0.444 e. The van der Waals surface area contributed by atoms with Crippen LogP contribution in [-0.4, -0.2) is 131 Å². The molecule has 2 aromatic rings. The predicted octanol–water partition coefficient (Wildman–Crippen LogP) is 4.76. The van der Waals surface area contributed by atoms with Crippen LogP contribution in [0.15, 0.2) is 36.4 Å². The van der Waals surface area contributed by atoms with E-state index in [0.29, 0.717) is 13.1 Å². The van der Waals surface area contributed by atoms with Crippen molar-refractivity contribution in [2.45, 2.75) is 60.7 Å². The summed E-state index contributed by atoms with van der Waals surface area (Å²) in [7, 11) is 0. The van der Waals surface area contributed by atoms with Crippen LogP contribution >= 0.6 is 0 Å². The Morgan fingerprint density at radius 3 is 1.56 bits per heavy atom. The number of nitrogens with zero attached hydrogens (tertiary/aromatic N) is 5. The van der Waals surface area contributed by atoms with Crippen molar-refractivity contribution in [2.24, 2.45) is 0 Å². The number of carbonyl (C=O) groups is 1. The third-order valence-corrected chi connectivity index (χ3v) is 9.21. The molecule has 1 amide bonds. The lowest BCUT2D eigenvalue weighted by Crippen LogP contribution is -2.49. The van der Waals surface area contributed by atoms with E-state index in [-0.39, 0.29) is 13.5 Å². The van der Waals surface area contributed by atoms with Crippen molar-refractivity contribution >= 4 is 17.5 Å². The maximum atomic E-state index is 12.2. The zero-order valence-electron chi connectivity index (χ0n) is 29.6. The van der Waals surface area contributed by atoms with Gasteiger partial charge in [0.05, 0.1) is 26.4 Å². The molecule has 0 unspecified atom stereocenters. The maximum Gasteiger partial charge on any atom is 0.410 e. The number of anilines is 2. The number of nitrogens with one attached hydrogen (secondary N) is 1. The van der Waals surface area contributed by atoms with Crippen LogP contribution in [0.3, 0.4) is 0 Å². The van der Waals surface area contributed by atoms with Gasteiger partial charge in [0.1, 0.15) is 5.60 Å². The van der Waals surface area contributed by atoms with Gasteiger partial charge in [-0.05, 0) is 69.0 Å². The maximum absolute atomic E-state index is 12.2. The van der Waals surface area contributed by atoms with Crippen LogP contribution in [0.4, 0.5) is 16.2 Å². The second kappa shape index (κ2) is 18.2. The van der Waals surface area contributed by atoms with Gasteiger partial charge < -0.3 is 34.2 Å². The van der Waals surface area contributed by atoms with Crippen LogP contribution in [0, 0.1) is 13.8 Å². The number of hydrogen-bond donors (Lipinski definition) is 1. The molecule has 0 radical (unpaired) electrons. The Hall–Kier alpha value is -2.89. The molecule has 4 heterocycles. The lowest BCUT2D eigenvalue weighted by Gasteiger charge is -2.37. The summed E-state index contributed by atoms with van der Waals surface area (Å²) >= 11 is 0. The first-order valence-corrected chi connectivity index (χ1v) is 17.6. The molecule has 0 spiro atoms. The lowest BCUT2D eigenvalue weighted by atomic mass is 10.1. The van der Waals surface area contributed by atoms with Crippen molar-refractivity contribution in [3.63, 3.8) is 0 Å². The molecule has 2 aromatic carbocycles. The van der Waals surface area contributed by atoms with Gasteiger partial charge in [0.25, 0.3) is 0 Å². The first kappa shape index (κ1) is 37.9. The molecule has 4 aliphatic rings. The fourth-order valence-corrected chi connectivity index (χ4v) is 6.58. The minimum absolute atomic E-state index is 0. The first-order chi connectivity index (χ1) is 22.6. The van der Waals surface area contributed by atoms with Crippen LogP contribution in [-0.2, 0) is 27.3 Å². The standard InChI is InChI=1S/C21H33N3O3.C16H25N3O.CH4/c1-17-5-6-18(19(15-17)23-11-13-26-14-12-23)16-22-7-9-24(10-8-22)20(25)27-21(2,3)4;1-14-2-3-15(13-18-6-4-17-5-7-18)16(12-14)19-8-10-20-11-9-19;/h5-6,15H,7-14,16H2,1-4H3;2-3,12,17H,4-11,13H2,1H3;1H4. The van der Waals surface area contributed by atoms with E-state index < -0.39 is 5.60 Å². The molecule has 4 aliphatic heterocycles. The summed E-state index contributed by atoms with van der Waals surface area (Å²) in [6.07, 6.45) is -0.202. The van der Waals surface area contributed by atoms with Crippen LogP contribution in [0.1, 0.15) is 50.5 Å². The second-order valence-electron chi connectivity index (χ2n) is 14.2. The van der Waals surface area contributed by atoms with E-state index in [0.717, 1.165) is 105 Å². The molecule has 6 rings (SSSR count). The van der Waals surface area contributed by atoms with Crippen molar-refractivity contribution in [2.75, 3.05) is 115 Å². The molecule has 0 aliphatic carbocycles. The Morgan fingerprint density at radius 1 is 0.688 bits per heavy atom. The van der Waals surface area contributed by atoms with E-state index in [1.54, 1.807) is 0 Å². The van der Waals surface area contributed by atoms with Gasteiger partial charge in [-0.2, -0.15) is 0 Å². The van der Waals surface area contributed by atoms with E-state index in [1.165, 1.54) is 33.6 Å². The zero-order valence-corrected chi connectivity index (χ0v) is 29.6. The van der Waals surface area contributed by atoms with E-state index in [4.69, 9.17) is 14.2 Å². The molecule has 1 N–H and O–H groups in total. The summed E-state index contributed by atoms with van der Waals surface area (Å²) in [5.41, 5.74) is 7.74. The molecule has 10 heteroatoms. The predicted molar refractivity (Wildman–Crippen MR) is 196 cm³/mol. The Labute approximate surface area is 290 Å². The fourth-order valence-electron chi connectivity index (χ4n) is 6.58. The van der Waals surface area contributed by atoms with Gasteiger partial charge in [0.2, 0.25) is 0 Å². The van der Waals surface area contributed by atoms with Gasteiger partial charge in [-0.25, -0.2) is 4.79 Å². The van der Waals surface area contributed by atoms with Gasteiger partial charge in [-0.15, -0.1) is 0 Å². The Balaban J connectivity index is 0.000000221. The number of benzene rings is 2. The summed E-state index contributed by atoms with van der Waals surface area (Å²) in [5.74, 6) is 0. The number of morpholine rings is 2. The lowest BCUT2D eigenvalue weighted by molar-refractivity contribution is 0.0139. The normalized spacial score (nSPS) is 19.6. The summed E-state index contributed by atoms with van der Waals surface area (Å²) in [6, 6.07) is 13.6. The van der Waals surface area contributed by atoms with Crippen LogP contribution in [0.25, 0.3) is 0 Å². The minimum Gasteiger partial charge on any atom is -0.444 e. The summed E-state index contributed by atoms with van der Waals surface area (Å²) in [5, 5.41) is 3.42. The van der Waals surface area contributed by atoms with Gasteiger partial charge in [-0.3, -0.25) is 9.80 Å². The summed E-state index contributed by atoms with van der Waals surface area (Å²) < 4.78 is 16.5. The summed E-state index contributed by atoms with van der Waals surface area (Å²) in [6.45, 7) is 26.9. The first-order valence-electron chi connectivity index (χ1n) is 17.6. The Bertz CT molecular complexity index is 1270. The third-order valence-electron chi connectivity index (χ3n) is 9.21. The average Bonchev–Trinajstić information content (AvgIpc) is 3.07. The third kappa shape index (κ3) is 11.3. The van der Waals surface area contributed by atoms with Crippen LogP contribution in [0.5, 0.6) is 0 Å². The molecule has 0 aromatic heterocycles. The number of rotatable bonds is 6. The van der Waals surface area contributed by atoms with E-state index in [9.17, 15) is 4.79 Å². The van der Waals surface area contributed by atoms with Gasteiger partial charge in [0.15, 0.2) is 0 Å². The van der Waals surface area contributed by atoms with Crippen LogP contribution < -0.4 is 15.1 Å². The number of piperazine rings is 2. The highest BCUT2D eigenvalue weighted by atomic mass is 16.6.